The predicted octanol–water partition coefficient (Wildman–Crippen LogP) is 7.58. The molecule has 44 heavy (non-hydrogen) atoms. The van der Waals surface area contributed by atoms with E-state index in [1.165, 1.54) is 12.1 Å². The van der Waals surface area contributed by atoms with Crippen LogP contribution in [-0.4, -0.2) is 26.9 Å². The first-order valence-electron chi connectivity index (χ1n) is 14.9. The van der Waals surface area contributed by atoms with E-state index in [1.54, 1.807) is 4.57 Å². The molecule has 2 atom stereocenters. The summed E-state index contributed by atoms with van der Waals surface area (Å²) in [4.78, 5) is 19.7. The number of nitrogens with zero attached hydrogens (tertiary/aromatic N) is 2. The minimum Gasteiger partial charge on any atom is -0.406 e. The highest BCUT2D eigenvalue weighted by Gasteiger charge is 2.31. The molecule has 0 aliphatic carbocycles. The number of ether oxygens (including phenoxy) is 1. The fourth-order valence-electron chi connectivity index (χ4n) is 4.58. The van der Waals surface area contributed by atoms with E-state index in [4.69, 9.17) is 11.5 Å². The summed E-state index contributed by atoms with van der Waals surface area (Å²) in [6, 6.07) is 14.7. The summed E-state index contributed by atoms with van der Waals surface area (Å²) < 4.78 is 42.9. The van der Waals surface area contributed by atoms with Gasteiger partial charge in [-0.3, -0.25) is 4.57 Å². The van der Waals surface area contributed by atoms with Gasteiger partial charge in [0.15, 0.2) is 0 Å². The molecule has 2 heterocycles. The molecule has 4 aromatic rings. The number of benzene rings is 2. The summed E-state index contributed by atoms with van der Waals surface area (Å²) >= 11 is 0. The van der Waals surface area contributed by atoms with Crippen LogP contribution in [0.15, 0.2) is 59.5 Å². The quantitative estimate of drug-likeness (QED) is 0.199. The molecule has 240 valence electrons. The van der Waals surface area contributed by atoms with Crippen LogP contribution in [0.5, 0.6) is 5.75 Å². The summed E-state index contributed by atoms with van der Waals surface area (Å²) in [6.45, 7) is 16.1. The topological polar surface area (TPSA) is 112 Å². The summed E-state index contributed by atoms with van der Waals surface area (Å²) in [6.07, 6.45) is -0.456. The van der Waals surface area contributed by atoms with Gasteiger partial charge in [0, 0.05) is 34.8 Å². The van der Waals surface area contributed by atoms with Crippen molar-refractivity contribution in [3.05, 3.63) is 87.6 Å². The van der Waals surface area contributed by atoms with Crippen LogP contribution in [0.3, 0.4) is 0 Å². The summed E-state index contributed by atoms with van der Waals surface area (Å²) in [5.74, 6) is -0.147. The van der Waals surface area contributed by atoms with E-state index in [2.05, 4.69) is 41.5 Å². The van der Waals surface area contributed by atoms with Gasteiger partial charge in [-0.1, -0.05) is 59.7 Å². The number of aromatic amines is 1. The summed E-state index contributed by atoms with van der Waals surface area (Å²) in [7, 11) is 0. The van der Waals surface area contributed by atoms with Crippen LogP contribution in [-0.2, 0) is 17.3 Å². The predicted molar refractivity (Wildman–Crippen MR) is 171 cm³/mol. The molecule has 0 aliphatic heterocycles. The van der Waals surface area contributed by atoms with Crippen LogP contribution in [0.4, 0.5) is 13.2 Å². The van der Waals surface area contributed by atoms with Crippen LogP contribution in [0, 0.1) is 0 Å². The highest BCUT2D eigenvalue weighted by atomic mass is 19.4. The molecule has 0 aliphatic rings. The molecule has 7 nitrogen and oxygen atoms in total. The first kappa shape index (κ1) is 34.9. The lowest BCUT2D eigenvalue weighted by atomic mass is 9.85. The van der Waals surface area contributed by atoms with Crippen molar-refractivity contribution in [2.75, 3.05) is 0 Å². The zero-order chi connectivity index (χ0) is 33.0. The lowest BCUT2D eigenvalue weighted by Gasteiger charge is -2.22. The van der Waals surface area contributed by atoms with Gasteiger partial charge >= 0.3 is 12.1 Å². The molecule has 0 saturated heterocycles. The van der Waals surface area contributed by atoms with Gasteiger partial charge in [-0.2, -0.15) is 4.98 Å². The molecule has 0 amide bonds. The van der Waals surface area contributed by atoms with Gasteiger partial charge in [0.05, 0.1) is 5.69 Å². The molecule has 2 aromatic heterocycles. The van der Waals surface area contributed by atoms with Crippen LogP contribution >= 0.6 is 0 Å². The lowest BCUT2D eigenvalue weighted by molar-refractivity contribution is -0.274. The smallest absolute Gasteiger partial charge is 0.406 e. The number of H-pyrrole nitrogens is 1. The van der Waals surface area contributed by atoms with E-state index < -0.39 is 6.36 Å². The highest BCUT2D eigenvalue weighted by Crippen LogP contribution is 2.31. The Balaban J connectivity index is 0.000000242. The van der Waals surface area contributed by atoms with Crippen molar-refractivity contribution in [3.63, 3.8) is 0 Å². The van der Waals surface area contributed by atoms with Gasteiger partial charge in [0.25, 0.3) is 0 Å². The number of nitrogens with one attached hydrogen (secondary N) is 1. The van der Waals surface area contributed by atoms with Gasteiger partial charge in [0.2, 0.25) is 0 Å². The number of aryl methyl sites for hydroxylation is 1. The molecule has 5 N–H and O–H groups in total. The monoisotopic (exact) mass is 613 g/mol. The average molecular weight is 614 g/mol. The lowest BCUT2D eigenvalue weighted by Crippen LogP contribution is -2.20. The minimum absolute atomic E-state index is 0.0203. The second-order valence-corrected chi connectivity index (χ2v) is 13.5. The third-order valence-corrected chi connectivity index (χ3v) is 7.20. The number of rotatable bonds is 7. The molecule has 0 spiro atoms. The highest BCUT2D eigenvalue weighted by molar-refractivity contribution is 5.76. The number of hydrogen-bond acceptors (Lipinski definition) is 5. The van der Waals surface area contributed by atoms with Crippen molar-refractivity contribution in [1.82, 2.24) is 14.5 Å². The second kappa shape index (κ2) is 13.6. The summed E-state index contributed by atoms with van der Waals surface area (Å²) in [5, 5.41) is 0.922. The first-order valence-corrected chi connectivity index (χ1v) is 14.9. The third-order valence-electron chi connectivity index (χ3n) is 7.20. The van der Waals surface area contributed by atoms with Crippen LogP contribution < -0.4 is 21.9 Å². The Labute approximate surface area is 257 Å². The maximum absolute atomic E-state index is 12.4. The Morgan fingerprint density at radius 2 is 1.57 bits per heavy atom. The first-order chi connectivity index (χ1) is 20.2. The average Bonchev–Trinajstić information content (AvgIpc) is 3.30. The fourth-order valence-corrected chi connectivity index (χ4v) is 4.58. The number of halogens is 3. The van der Waals surface area contributed by atoms with Gasteiger partial charge in [-0.25, -0.2) is 4.79 Å². The van der Waals surface area contributed by atoms with Crippen molar-refractivity contribution in [1.29, 1.82) is 0 Å². The Morgan fingerprint density at radius 3 is 2.09 bits per heavy atom. The largest absolute Gasteiger partial charge is 0.573 e. The van der Waals surface area contributed by atoms with Crippen LogP contribution in [0.2, 0.25) is 0 Å². The number of hydrogen-bond donors (Lipinski definition) is 3. The van der Waals surface area contributed by atoms with E-state index >= 15 is 0 Å². The van der Waals surface area contributed by atoms with Crippen molar-refractivity contribution >= 4 is 11.0 Å². The normalized spacial score (nSPS) is 13.8. The van der Waals surface area contributed by atoms with Gasteiger partial charge in [-0.15, -0.1) is 13.2 Å². The number of alkyl halides is 3. The Bertz CT molecular complexity index is 1590. The Kier molecular flexibility index (Phi) is 10.7. The number of fused-ring (bicyclic) bond motifs is 1. The zero-order valence-corrected chi connectivity index (χ0v) is 27.0. The molecular formula is C34H46F3N5O2. The maximum Gasteiger partial charge on any atom is 0.573 e. The molecule has 0 saturated carbocycles. The van der Waals surface area contributed by atoms with E-state index in [-0.39, 0.29) is 34.4 Å². The zero-order valence-electron chi connectivity index (χ0n) is 27.0. The van der Waals surface area contributed by atoms with Crippen LogP contribution in [0.1, 0.15) is 96.7 Å². The number of nitrogens with two attached hydrogens (primary N) is 2. The summed E-state index contributed by atoms with van der Waals surface area (Å²) in [5.41, 5.74) is 16.2. The van der Waals surface area contributed by atoms with Crippen molar-refractivity contribution < 1.29 is 17.9 Å². The minimum atomic E-state index is -4.67. The van der Waals surface area contributed by atoms with E-state index in [9.17, 15) is 18.0 Å². The van der Waals surface area contributed by atoms with Crippen molar-refractivity contribution in [2.24, 2.45) is 11.5 Å². The molecule has 0 unspecified atom stereocenters. The Morgan fingerprint density at radius 1 is 0.932 bits per heavy atom. The SMILES string of the molecule is C[C@@H](N)c1ccc(-n2cc3cc(C(C)(C)C)[nH]c3nc2=O)cc1.C[C@H](N)CCCc1cc(OC(F)(F)F)cc(C(C)(C)C)c1. The molecule has 10 heteroatoms. The van der Waals surface area contributed by atoms with E-state index in [0.717, 1.165) is 46.3 Å². The molecule has 4 rings (SSSR count). The fraction of sp³-hybridized carbons (Fsp3) is 0.471. The van der Waals surface area contributed by atoms with E-state index in [1.807, 2.05) is 71.1 Å². The standard InChI is InChI=1S/C18H22N4O.C16H24F3NO/c1-11(19)12-5-7-14(8-6-12)22-10-13-9-15(18(2,3)4)20-16(13)21-17(22)23;1-11(20)6-5-7-12-8-13(15(2,3)4)10-14(9-12)21-16(17,18)19/h5-11H,19H2,1-4H3,(H,20,21,23);8-11H,5-7,20H2,1-4H3/t2*11-/m10/s1. The van der Waals surface area contributed by atoms with Gasteiger partial charge < -0.3 is 21.2 Å². The molecule has 0 radical (unpaired) electrons. The van der Waals surface area contributed by atoms with Crippen LogP contribution in [0.25, 0.3) is 16.7 Å². The third kappa shape index (κ3) is 9.95. The molecule has 0 bridgehead atoms. The molecule has 2 aromatic carbocycles. The number of aromatic nitrogens is 3. The molecule has 0 fully saturated rings. The van der Waals surface area contributed by atoms with E-state index in [0.29, 0.717) is 12.1 Å². The maximum atomic E-state index is 12.4. The van der Waals surface area contributed by atoms with Crippen molar-refractivity contribution in [2.45, 2.75) is 104 Å². The van der Waals surface area contributed by atoms with Gasteiger partial charge in [-0.05, 0) is 85.5 Å². The second-order valence-electron chi connectivity index (χ2n) is 13.5. The van der Waals surface area contributed by atoms with Crippen molar-refractivity contribution in [3.8, 4) is 11.4 Å². The van der Waals surface area contributed by atoms with Gasteiger partial charge in [0.1, 0.15) is 11.4 Å². The Hall–Kier alpha value is -3.63. The molecular weight excluding hydrogens is 567 g/mol.